The number of hydrogen-bond donors (Lipinski definition) is 2. The molecule has 3 heteroatoms. The van der Waals surface area contributed by atoms with Gasteiger partial charge in [0, 0.05) is 12.5 Å². The molecule has 13 heavy (non-hydrogen) atoms. The van der Waals surface area contributed by atoms with Crippen molar-refractivity contribution in [1.29, 1.82) is 0 Å². The van der Waals surface area contributed by atoms with Crippen LogP contribution in [-0.2, 0) is 4.79 Å². The average molecular weight is 187 g/mol. The van der Waals surface area contributed by atoms with E-state index >= 15 is 0 Å². The van der Waals surface area contributed by atoms with E-state index in [0.29, 0.717) is 18.9 Å². The zero-order valence-corrected chi connectivity index (χ0v) is 9.00. The predicted molar refractivity (Wildman–Crippen MR) is 53.3 cm³/mol. The SMILES string of the molecule is CC(O)CCNC(=O)C(C)C(C)C. The van der Waals surface area contributed by atoms with Crippen molar-refractivity contribution >= 4 is 5.91 Å². The molecule has 0 saturated carbocycles. The third-order valence-electron chi connectivity index (χ3n) is 2.27. The first-order valence-corrected chi connectivity index (χ1v) is 4.91. The molecule has 2 N–H and O–H groups in total. The number of amides is 1. The molecule has 0 saturated heterocycles. The third-order valence-corrected chi connectivity index (χ3v) is 2.27. The topological polar surface area (TPSA) is 49.3 Å². The molecule has 0 spiro atoms. The van der Waals surface area contributed by atoms with Crippen molar-refractivity contribution in [2.24, 2.45) is 11.8 Å². The van der Waals surface area contributed by atoms with Gasteiger partial charge in [0.05, 0.1) is 6.10 Å². The second-order valence-corrected chi connectivity index (χ2v) is 3.96. The summed E-state index contributed by atoms with van der Waals surface area (Å²) in [7, 11) is 0. The first kappa shape index (κ1) is 12.4. The number of aliphatic hydroxyl groups is 1. The molecule has 0 bridgehead atoms. The molecular weight excluding hydrogens is 166 g/mol. The van der Waals surface area contributed by atoms with Crippen molar-refractivity contribution < 1.29 is 9.90 Å². The zero-order chi connectivity index (χ0) is 10.4. The second kappa shape index (κ2) is 5.97. The molecule has 2 unspecified atom stereocenters. The van der Waals surface area contributed by atoms with Crippen molar-refractivity contribution in [1.82, 2.24) is 5.32 Å². The summed E-state index contributed by atoms with van der Waals surface area (Å²) in [5, 5.41) is 11.8. The molecule has 0 rings (SSSR count). The Bertz CT molecular complexity index is 155. The molecule has 2 atom stereocenters. The van der Waals surface area contributed by atoms with Gasteiger partial charge in [-0.25, -0.2) is 0 Å². The smallest absolute Gasteiger partial charge is 0.223 e. The summed E-state index contributed by atoms with van der Waals surface area (Å²) in [6.07, 6.45) is 0.283. The Morgan fingerprint density at radius 2 is 1.85 bits per heavy atom. The lowest BCUT2D eigenvalue weighted by Gasteiger charge is -2.15. The van der Waals surface area contributed by atoms with Crippen LogP contribution in [-0.4, -0.2) is 23.7 Å². The molecular formula is C10H21NO2. The van der Waals surface area contributed by atoms with E-state index in [2.05, 4.69) is 5.32 Å². The van der Waals surface area contributed by atoms with Gasteiger partial charge in [-0.05, 0) is 19.3 Å². The highest BCUT2D eigenvalue weighted by Gasteiger charge is 2.15. The van der Waals surface area contributed by atoms with Crippen molar-refractivity contribution in [2.75, 3.05) is 6.54 Å². The molecule has 0 fully saturated rings. The van der Waals surface area contributed by atoms with Gasteiger partial charge in [-0.1, -0.05) is 20.8 Å². The lowest BCUT2D eigenvalue weighted by atomic mass is 9.97. The average Bonchev–Trinajstić information content (AvgIpc) is 2.02. The molecule has 3 nitrogen and oxygen atoms in total. The molecule has 1 amide bonds. The summed E-state index contributed by atoms with van der Waals surface area (Å²) in [6, 6.07) is 0. The Kier molecular flexibility index (Phi) is 5.71. The fourth-order valence-electron chi connectivity index (χ4n) is 0.868. The van der Waals surface area contributed by atoms with Crippen molar-refractivity contribution in [3.8, 4) is 0 Å². The van der Waals surface area contributed by atoms with E-state index in [0.717, 1.165) is 0 Å². The maximum atomic E-state index is 11.4. The highest BCUT2D eigenvalue weighted by atomic mass is 16.3. The normalized spacial score (nSPS) is 15.5. The predicted octanol–water partition coefficient (Wildman–Crippen LogP) is 1.17. The van der Waals surface area contributed by atoms with Gasteiger partial charge in [0.25, 0.3) is 0 Å². The fraction of sp³-hybridized carbons (Fsp3) is 0.900. The van der Waals surface area contributed by atoms with E-state index < -0.39 is 0 Å². The van der Waals surface area contributed by atoms with Crippen LogP contribution >= 0.6 is 0 Å². The number of nitrogens with one attached hydrogen (secondary N) is 1. The molecule has 0 aliphatic rings. The van der Waals surface area contributed by atoms with Crippen LogP contribution in [0.1, 0.15) is 34.1 Å². The van der Waals surface area contributed by atoms with E-state index in [1.165, 1.54) is 0 Å². The van der Waals surface area contributed by atoms with E-state index in [1.54, 1.807) is 6.92 Å². The van der Waals surface area contributed by atoms with E-state index in [9.17, 15) is 4.79 Å². The summed E-state index contributed by atoms with van der Waals surface area (Å²) in [5.74, 6) is 0.496. The summed E-state index contributed by atoms with van der Waals surface area (Å²) in [6.45, 7) is 8.26. The minimum Gasteiger partial charge on any atom is -0.393 e. The zero-order valence-electron chi connectivity index (χ0n) is 9.00. The van der Waals surface area contributed by atoms with Crippen LogP contribution < -0.4 is 5.32 Å². The van der Waals surface area contributed by atoms with E-state index in [1.807, 2.05) is 20.8 Å². The van der Waals surface area contributed by atoms with Crippen LogP contribution in [0, 0.1) is 11.8 Å². The van der Waals surface area contributed by atoms with Gasteiger partial charge in [0.1, 0.15) is 0 Å². The summed E-state index contributed by atoms with van der Waals surface area (Å²) >= 11 is 0. The first-order chi connectivity index (χ1) is 5.95. The first-order valence-electron chi connectivity index (χ1n) is 4.91. The van der Waals surface area contributed by atoms with Gasteiger partial charge in [-0.2, -0.15) is 0 Å². The monoisotopic (exact) mass is 187 g/mol. The number of hydrogen-bond acceptors (Lipinski definition) is 2. The standard InChI is InChI=1S/C10H21NO2/c1-7(2)9(4)10(13)11-6-5-8(3)12/h7-9,12H,5-6H2,1-4H3,(H,11,13). The van der Waals surface area contributed by atoms with Gasteiger partial charge in [0.15, 0.2) is 0 Å². The summed E-state index contributed by atoms with van der Waals surface area (Å²) in [5.41, 5.74) is 0. The second-order valence-electron chi connectivity index (χ2n) is 3.96. The van der Waals surface area contributed by atoms with Gasteiger partial charge in [-0.3, -0.25) is 4.79 Å². The van der Waals surface area contributed by atoms with Crippen LogP contribution in [0.4, 0.5) is 0 Å². The Labute approximate surface area is 80.5 Å². The minimum absolute atomic E-state index is 0.0500. The van der Waals surface area contributed by atoms with Crippen molar-refractivity contribution in [3.05, 3.63) is 0 Å². The van der Waals surface area contributed by atoms with E-state index in [4.69, 9.17) is 5.11 Å². The Hall–Kier alpha value is -0.570. The van der Waals surface area contributed by atoms with Crippen LogP contribution in [0.25, 0.3) is 0 Å². The molecule has 0 aromatic heterocycles. The molecule has 0 aromatic carbocycles. The number of carbonyl (C=O) groups is 1. The Morgan fingerprint density at radius 3 is 2.23 bits per heavy atom. The largest absolute Gasteiger partial charge is 0.393 e. The van der Waals surface area contributed by atoms with Crippen molar-refractivity contribution in [2.45, 2.75) is 40.2 Å². The van der Waals surface area contributed by atoms with Gasteiger partial charge < -0.3 is 10.4 Å². The van der Waals surface area contributed by atoms with Gasteiger partial charge >= 0.3 is 0 Å². The quantitative estimate of drug-likeness (QED) is 0.678. The molecule has 78 valence electrons. The lowest BCUT2D eigenvalue weighted by Crippen LogP contribution is -2.33. The van der Waals surface area contributed by atoms with Crippen LogP contribution in [0.3, 0.4) is 0 Å². The van der Waals surface area contributed by atoms with E-state index in [-0.39, 0.29) is 17.9 Å². The Morgan fingerprint density at radius 1 is 1.31 bits per heavy atom. The number of rotatable bonds is 5. The van der Waals surface area contributed by atoms with Crippen LogP contribution in [0.2, 0.25) is 0 Å². The Balaban J connectivity index is 3.62. The van der Waals surface area contributed by atoms with Crippen LogP contribution in [0.5, 0.6) is 0 Å². The fourth-order valence-corrected chi connectivity index (χ4v) is 0.868. The molecule has 0 aromatic rings. The molecule has 0 heterocycles. The summed E-state index contributed by atoms with van der Waals surface area (Å²) < 4.78 is 0. The molecule has 0 radical (unpaired) electrons. The molecule has 0 aliphatic heterocycles. The lowest BCUT2D eigenvalue weighted by molar-refractivity contribution is -0.125. The van der Waals surface area contributed by atoms with Crippen LogP contribution in [0.15, 0.2) is 0 Å². The summed E-state index contributed by atoms with van der Waals surface area (Å²) in [4.78, 5) is 11.4. The minimum atomic E-state index is -0.338. The maximum absolute atomic E-state index is 11.4. The van der Waals surface area contributed by atoms with Gasteiger partial charge in [0.2, 0.25) is 5.91 Å². The highest BCUT2D eigenvalue weighted by Crippen LogP contribution is 2.08. The molecule has 0 aliphatic carbocycles. The third kappa shape index (κ3) is 5.64. The number of carbonyl (C=O) groups excluding carboxylic acids is 1. The highest BCUT2D eigenvalue weighted by molar-refractivity contribution is 5.78. The number of aliphatic hydroxyl groups excluding tert-OH is 1. The maximum Gasteiger partial charge on any atom is 0.223 e. The van der Waals surface area contributed by atoms with Crippen molar-refractivity contribution in [3.63, 3.8) is 0 Å². The van der Waals surface area contributed by atoms with Gasteiger partial charge in [-0.15, -0.1) is 0 Å².